The van der Waals surface area contributed by atoms with E-state index in [0.717, 1.165) is 0 Å². The first kappa shape index (κ1) is 12.5. The van der Waals surface area contributed by atoms with Crippen molar-refractivity contribution < 1.29 is 28.8 Å². The number of hydrogen-bond acceptors (Lipinski definition) is 6. The van der Waals surface area contributed by atoms with Crippen molar-refractivity contribution in [3.8, 4) is 0 Å². The lowest BCUT2D eigenvalue weighted by atomic mass is 10.1. The van der Waals surface area contributed by atoms with Crippen LogP contribution >= 0.6 is 0 Å². The zero-order valence-corrected chi connectivity index (χ0v) is 11.6. The van der Waals surface area contributed by atoms with Gasteiger partial charge >= 0.3 is 0 Å². The third-order valence-electron chi connectivity index (χ3n) is 4.52. The summed E-state index contributed by atoms with van der Waals surface area (Å²) < 4.78 is 28.8. The summed E-state index contributed by atoms with van der Waals surface area (Å²) in [6.07, 6.45) is -0.755. The summed E-state index contributed by atoms with van der Waals surface area (Å²) in [4.78, 5) is 0. The van der Waals surface area contributed by atoms with E-state index in [1.54, 1.807) is 0 Å². The van der Waals surface area contributed by atoms with E-state index in [1.807, 2.05) is 27.7 Å². The zero-order chi connectivity index (χ0) is 13.7. The average molecular weight is 272 g/mol. The minimum Gasteiger partial charge on any atom is -0.384 e. The largest absolute Gasteiger partial charge is 0.384 e. The fourth-order valence-corrected chi connectivity index (χ4v) is 3.57. The molecule has 1 aliphatic carbocycles. The number of ether oxygens (including phenoxy) is 5. The molecule has 0 aromatic heterocycles. The molecular formula is C13H20O6. The fraction of sp³-hybridized carbons (Fsp3) is 1.00. The van der Waals surface area contributed by atoms with Gasteiger partial charge in [-0.1, -0.05) is 0 Å². The normalized spacial score (nSPS) is 57.0. The van der Waals surface area contributed by atoms with E-state index in [0.29, 0.717) is 13.0 Å². The summed E-state index contributed by atoms with van der Waals surface area (Å²) in [7, 11) is 0. The van der Waals surface area contributed by atoms with E-state index in [2.05, 4.69) is 0 Å². The smallest absolute Gasteiger partial charge is 0.191 e. The highest BCUT2D eigenvalue weighted by atomic mass is 16.9. The van der Waals surface area contributed by atoms with Crippen molar-refractivity contribution in [2.24, 2.45) is 0 Å². The van der Waals surface area contributed by atoms with Gasteiger partial charge in [0.1, 0.15) is 23.4 Å². The van der Waals surface area contributed by atoms with Gasteiger partial charge in [0.2, 0.25) is 0 Å². The Bertz CT molecular complexity index is 435. The molecule has 108 valence electrons. The molecule has 4 aliphatic rings. The molecule has 0 amide bonds. The molecule has 1 N–H and O–H groups in total. The fourth-order valence-electron chi connectivity index (χ4n) is 3.57. The van der Waals surface area contributed by atoms with E-state index < -0.39 is 35.2 Å². The molecule has 4 fully saturated rings. The van der Waals surface area contributed by atoms with Gasteiger partial charge in [0.25, 0.3) is 0 Å². The highest BCUT2D eigenvalue weighted by Gasteiger charge is 2.85. The van der Waals surface area contributed by atoms with E-state index in [-0.39, 0.29) is 6.10 Å². The van der Waals surface area contributed by atoms with Gasteiger partial charge in [0.05, 0.1) is 6.61 Å². The van der Waals surface area contributed by atoms with Crippen LogP contribution in [0.2, 0.25) is 0 Å². The molecule has 19 heavy (non-hydrogen) atoms. The highest BCUT2D eigenvalue weighted by molar-refractivity contribution is 5.32. The van der Waals surface area contributed by atoms with Crippen molar-refractivity contribution in [1.29, 1.82) is 0 Å². The molecule has 5 atom stereocenters. The summed E-state index contributed by atoms with van der Waals surface area (Å²) in [5, 5.41) is 10.8. The standard InChI is InChI=1S/C13H20O6/c1-10(2)15-5-7(16-10)13-6-12(13,14)8-9(19-13)18-11(3,4)17-8/h7-9,14H,5-6H2,1-4H3. The molecule has 0 aromatic carbocycles. The highest BCUT2D eigenvalue weighted by Crippen LogP contribution is 2.66. The Kier molecular flexibility index (Phi) is 2.08. The maximum absolute atomic E-state index is 10.8. The lowest BCUT2D eigenvalue weighted by Gasteiger charge is -2.26. The third-order valence-corrected chi connectivity index (χ3v) is 4.52. The van der Waals surface area contributed by atoms with Crippen LogP contribution in [0.3, 0.4) is 0 Å². The van der Waals surface area contributed by atoms with Crippen molar-refractivity contribution in [3.63, 3.8) is 0 Å². The molecule has 0 radical (unpaired) electrons. The minimum absolute atomic E-state index is 0.284. The Balaban J connectivity index is 1.58. The Morgan fingerprint density at radius 3 is 2.26 bits per heavy atom. The van der Waals surface area contributed by atoms with Gasteiger partial charge in [-0.15, -0.1) is 0 Å². The lowest BCUT2D eigenvalue weighted by Crippen LogP contribution is -2.42. The van der Waals surface area contributed by atoms with Crippen LogP contribution in [0.25, 0.3) is 0 Å². The third kappa shape index (κ3) is 1.47. The van der Waals surface area contributed by atoms with E-state index in [9.17, 15) is 5.11 Å². The van der Waals surface area contributed by atoms with Crippen LogP contribution in [0, 0.1) is 0 Å². The Labute approximate surface area is 111 Å². The summed E-state index contributed by atoms with van der Waals surface area (Å²) >= 11 is 0. The molecule has 6 heteroatoms. The molecule has 0 bridgehead atoms. The maximum atomic E-state index is 10.8. The Hall–Kier alpha value is -0.240. The molecule has 3 aliphatic heterocycles. The van der Waals surface area contributed by atoms with Crippen LogP contribution in [0.4, 0.5) is 0 Å². The van der Waals surface area contributed by atoms with Gasteiger partial charge in [0, 0.05) is 6.42 Å². The van der Waals surface area contributed by atoms with Gasteiger partial charge in [-0.2, -0.15) is 0 Å². The summed E-state index contributed by atoms with van der Waals surface area (Å²) in [6.45, 7) is 7.77. The molecule has 1 saturated carbocycles. The predicted molar refractivity (Wildman–Crippen MR) is 62.1 cm³/mol. The van der Waals surface area contributed by atoms with Crippen molar-refractivity contribution in [1.82, 2.24) is 0 Å². The van der Waals surface area contributed by atoms with Crippen LogP contribution in [-0.2, 0) is 23.7 Å². The Morgan fingerprint density at radius 2 is 1.68 bits per heavy atom. The first-order valence-corrected chi connectivity index (χ1v) is 6.75. The number of rotatable bonds is 1. The SMILES string of the molecule is CC1(C)OC2OC3(C4COC(C)(C)O4)CC3(O)C2O1. The first-order chi connectivity index (χ1) is 8.68. The van der Waals surface area contributed by atoms with Gasteiger partial charge < -0.3 is 28.8 Å². The monoisotopic (exact) mass is 272 g/mol. The second kappa shape index (κ2) is 3.16. The Morgan fingerprint density at radius 1 is 0.947 bits per heavy atom. The average Bonchev–Trinajstić information content (AvgIpc) is 2.56. The van der Waals surface area contributed by atoms with Crippen molar-refractivity contribution in [2.75, 3.05) is 6.61 Å². The van der Waals surface area contributed by atoms with Crippen LogP contribution in [0.5, 0.6) is 0 Å². The van der Waals surface area contributed by atoms with Crippen LogP contribution < -0.4 is 0 Å². The molecule has 5 unspecified atom stereocenters. The van der Waals surface area contributed by atoms with Crippen LogP contribution in [0.1, 0.15) is 34.1 Å². The molecular weight excluding hydrogens is 252 g/mol. The zero-order valence-electron chi connectivity index (χ0n) is 11.6. The maximum Gasteiger partial charge on any atom is 0.191 e. The number of hydrogen-bond donors (Lipinski definition) is 1. The minimum atomic E-state index is -1.03. The van der Waals surface area contributed by atoms with Gasteiger partial charge in [0.15, 0.2) is 17.9 Å². The van der Waals surface area contributed by atoms with Crippen LogP contribution in [0.15, 0.2) is 0 Å². The second-order valence-corrected chi connectivity index (χ2v) is 6.85. The first-order valence-electron chi connectivity index (χ1n) is 6.75. The number of fused-ring (bicyclic) bond motifs is 3. The molecule has 3 heterocycles. The van der Waals surface area contributed by atoms with E-state index >= 15 is 0 Å². The second-order valence-electron chi connectivity index (χ2n) is 6.85. The van der Waals surface area contributed by atoms with Gasteiger partial charge in [-0.05, 0) is 27.7 Å². The summed E-state index contributed by atoms with van der Waals surface area (Å²) in [5.41, 5.74) is -1.77. The van der Waals surface area contributed by atoms with E-state index in [4.69, 9.17) is 23.7 Å². The molecule has 0 spiro atoms. The quantitative estimate of drug-likeness (QED) is 0.750. The number of aliphatic hydroxyl groups is 1. The summed E-state index contributed by atoms with van der Waals surface area (Å²) in [6, 6.07) is 0. The van der Waals surface area contributed by atoms with Crippen molar-refractivity contribution in [2.45, 2.75) is 75.4 Å². The molecule has 6 nitrogen and oxygen atoms in total. The lowest BCUT2D eigenvalue weighted by molar-refractivity contribution is -0.236. The van der Waals surface area contributed by atoms with E-state index in [1.165, 1.54) is 0 Å². The van der Waals surface area contributed by atoms with Crippen LogP contribution in [-0.4, -0.2) is 53.0 Å². The summed E-state index contributed by atoms with van der Waals surface area (Å²) in [5.74, 6) is -1.35. The molecule has 4 rings (SSSR count). The van der Waals surface area contributed by atoms with Crippen molar-refractivity contribution in [3.05, 3.63) is 0 Å². The topological polar surface area (TPSA) is 66.4 Å². The molecule has 3 saturated heterocycles. The van der Waals surface area contributed by atoms with Gasteiger partial charge in [-0.25, -0.2) is 0 Å². The van der Waals surface area contributed by atoms with Gasteiger partial charge in [-0.3, -0.25) is 0 Å². The van der Waals surface area contributed by atoms with Crippen molar-refractivity contribution >= 4 is 0 Å². The predicted octanol–water partition coefficient (Wildman–Crippen LogP) is 0.519. The molecule has 0 aromatic rings.